The van der Waals surface area contributed by atoms with E-state index in [0.717, 1.165) is 47.9 Å². The fourth-order valence-electron chi connectivity index (χ4n) is 9.88. The van der Waals surface area contributed by atoms with Crippen molar-refractivity contribution in [3.05, 3.63) is 179 Å². The van der Waals surface area contributed by atoms with Gasteiger partial charge in [0.25, 0.3) is 11.8 Å². The molecular formula is C54H55N7O6. The largest absolute Gasteiger partial charge is 0.352 e. The Morgan fingerprint density at radius 1 is 0.463 bits per heavy atom. The molecule has 1 heterocycles. The molecule has 0 unspecified atom stereocenters. The van der Waals surface area contributed by atoms with Crippen molar-refractivity contribution in [3.8, 4) is 0 Å². The Hall–Kier alpha value is -7.28. The van der Waals surface area contributed by atoms with Crippen molar-refractivity contribution in [2.45, 2.75) is 79.6 Å². The highest BCUT2D eigenvalue weighted by molar-refractivity contribution is 5.99. The minimum atomic E-state index is -1.06. The molecule has 5 aliphatic rings. The average Bonchev–Trinajstić information content (AvgIpc) is 4.22. The molecule has 0 radical (unpaired) electrons. The molecule has 67 heavy (non-hydrogen) atoms. The van der Waals surface area contributed by atoms with Crippen molar-refractivity contribution < 1.29 is 28.8 Å². The van der Waals surface area contributed by atoms with Gasteiger partial charge in [0.15, 0.2) is 0 Å². The molecule has 13 heteroatoms. The van der Waals surface area contributed by atoms with Crippen LogP contribution in [0.1, 0.15) is 92.3 Å². The van der Waals surface area contributed by atoms with E-state index in [9.17, 15) is 28.8 Å². The van der Waals surface area contributed by atoms with Crippen LogP contribution in [0.25, 0.3) is 0 Å². The van der Waals surface area contributed by atoms with Crippen LogP contribution in [0.15, 0.2) is 146 Å². The molecule has 6 N–H and O–H groups in total. The third-order valence-corrected chi connectivity index (χ3v) is 14.1. The fourth-order valence-corrected chi connectivity index (χ4v) is 9.88. The quantitative estimate of drug-likeness (QED) is 0.0779. The van der Waals surface area contributed by atoms with Crippen molar-refractivity contribution >= 4 is 35.6 Å². The van der Waals surface area contributed by atoms with Crippen molar-refractivity contribution in [1.29, 1.82) is 0 Å². The van der Waals surface area contributed by atoms with E-state index in [4.69, 9.17) is 0 Å². The van der Waals surface area contributed by atoms with Gasteiger partial charge < -0.3 is 36.8 Å². The number of benzene rings is 5. The second-order valence-corrected chi connectivity index (χ2v) is 18.8. The number of hydrogen-bond acceptors (Lipinski definition) is 6. The van der Waals surface area contributed by atoms with Gasteiger partial charge in [-0.3, -0.25) is 24.0 Å². The standard InChI is InChI=1S/C54H55N7O6/c62-49(55-29-48(52(65)58-46-27-40(46)34-17-9-3-10-18-34)60-54(67)59-47-28-41(47)35-19-11-4-12-20-35)36-21-23-37(24-22-36)53(66)61-30-42(50(63)56-44-25-38(44)32-13-5-1-6-14-32)43(31-61)51(64)57-45-26-39(45)33-15-7-2-8-16-33/h1-24,38-48H,25-31H2,(H,55,62)(H,56,63)(H,57,64)(H,58,65)(H2,59,60,67)/t38-,39-,40-,41-,42-,43-,44+,45+,46+,47+,48+/m1/s1. The number of urea groups is 1. The number of amides is 7. The molecule has 342 valence electrons. The molecule has 5 aromatic carbocycles. The minimum Gasteiger partial charge on any atom is -0.352 e. The Bertz CT molecular complexity index is 2540. The molecule has 0 aromatic heterocycles. The van der Waals surface area contributed by atoms with Crippen LogP contribution < -0.4 is 31.9 Å². The van der Waals surface area contributed by atoms with Gasteiger partial charge in [-0.05, 0) is 72.2 Å². The van der Waals surface area contributed by atoms with Gasteiger partial charge in [0.2, 0.25) is 17.7 Å². The number of rotatable bonds is 16. The lowest BCUT2D eigenvalue weighted by molar-refractivity contribution is -0.133. The van der Waals surface area contributed by atoms with Crippen LogP contribution >= 0.6 is 0 Å². The maximum absolute atomic E-state index is 14.1. The summed E-state index contributed by atoms with van der Waals surface area (Å²) in [6.07, 6.45) is 3.19. The van der Waals surface area contributed by atoms with Gasteiger partial charge >= 0.3 is 6.03 Å². The van der Waals surface area contributed by atoms with Gasteiger partial charge in [0.1, 0.15) is 6.04 Å². The van der Waals surface area contributed by atoms with Crippen LogP contribution in [-0.4, -0.2) is 90.3 Å². The topological polar surface area (TPSA) is 178 Å². The van der Waals surface area contributed by atoms with Crippen LogP contribution in [0.3, 0.4) is 0 Å². The predicted molar refractivity (Wildman–Crippen MR) is 252 cm³/mol. The lowest BCUT2D eigenvalue weighted by Gasteiger charge is -2.20. The molecule has 13 nitrogen and oxygen atoms in total. The van der Waals surface area contributed by atoms with Crippen LogP contribution in [0.5, 0.6) is 0 Å². The molecule has 1 saturated heterocycles. The fraction of sp³-hybridized carbons (Fsp3) is 0.333. The average molecular weight is 898 g/mol. The predicted octanol–water partition coefficient (Wildman–Crippen LogP) is 5.35. The van der Waals surface area contributed by atoms with Crippen LogP contribution in [0.2, 0.25) is 0 Å². The highest BCUT2D eigenvalue weighted by atomic mass is 16.2. The molecule has 5 fully saturated rings. The van der Waals surface area contributed by atoms with E-state index < -0.39 is 35.7 Å². The summed E-state index contributed by atoms with van der Waals surface area (Å²) in [7, 11) is 0. The molecule has 0 spiro atoms. The number of carbonyl (C=O) groups is 6. The lowest BCUT2D eigenvalue weighted by atomic mass is 9.94. The lowest BCUT2D eigenvalue weighted by Crippen LogP contribution is -2.55. The first-order valence-corrected chi connectivity index (χ1v) is 23.5. The maximum atomic E-state index is 14.1. The molecule has 5 aromatic rings. The zero-order valence-electron chi connectivity index (χ0n) is 37.1. The van der Waals surface area contributed by atoms with Gasteiger partial charge in [-0.15, -0.1) is 0 Å². The van der Waals surface area contributed by atoms with E-state index >= 15 is 0 Å². The molecule has 4 saturated carbocycles. The molecule has 0 bridgehead atoms. The van der Waals surface area contributed by atoms with Gasteiger partial charge in [-0.1, -0.05) is 121 Å². The van der Waals surface area contributed by atoms with Crippen LogP contribution in [0, 0.1) is 11.8 Å². The minimum absolute atomic E-state index is 0.0360. The third-order valence-electron chi connectivity index (χ3n) is 14.1. The van der Waals surface area contributed by atoms with Crippen LogP contribution in [0.4, 0.5) is 4.79 Å². The van der Waals surface area contributed by atoms with E-state index in [1.165, 1.54) is 12.1 Å². The summed E-state index contributed by atoms with van der Waals surface area (Å²) in [5, 5.41) is 18.0. The van der Waals surface area contributed by atoms with Crippen molar-refractivity contribution in [2.75, 3.05) is 19.6 Å². The zero-order valence-corrected chi connectivity index (χ0v) is 37.1. The Labute approximate surface area is 389 Å². The van der Waals surface area contributed by atoms with Crippen molar-refractivity contribution in [3.63, 3.8) is 0 Å². The maximum Gasteiger partial charge on any atom is 0.315 e. The Morgan fingerprint density at radius 2 is 0.836 bits per heavy atom. The van der Waals surface area contributed by atoms with E-state index in [2.05, 4.69) is 56.2 Å². The zero-order chi connectivity index (χ0) is 46.0. The number of likely N-dealkylation sites (tertiary alicyclic amines) is 1. The second-order valence-electron chi connectivity index (χ2n) is 18.8. The van der Waals surface area contributed by atoms with Crippen LogP contribution in [-0.2, 0) is 14.4 Å². The normalized spacial score (nSPS) is 26.8. The van der Waals surface area contributed by atoms with Gasteiger partial charge in [-0.2, -0.15) is 0 Å². The molecule has 1 aliphatic heterocycles. The SMILES string of the molecule is O=C(N[C@@H](CNC(=O)c1ccc(C(=O)N2C[C@@H](C(=O)N[C@H]3C[C@@H]3c3ccccc3)[C@H](C(=O)N[C@H]3C[C@@H]3c3ccccc3)C2)cc1)C(=O)N[C@H]1C[C@@H]1c1ccccc1)N[C@H]1C[C@@H]1c1ccccc1. The van der Waals surface area contributed by atoms with Gasteiger partial charge in [-0.25, -0.2) is 4.79 Å². The molecule has 11 atom stereocenters. The molecule has 10 rings (SSSR count). The first-order chi connectivity index (χ1) is 32.7. The summed E-state index contributed by atoms with van der Waals surface area (Å²) >= 11 is 0. The van der Waals surface area contributed by atoms with E-state index in [-0.39, 0.29) is 90.8 Å². The second kappa shape index (κ2) is 18.9. The van der Waals surface area contributed by atoms with Gasteiger partial charge in [0, 0.05) is 78.6 Å². The number of carbonyl (C=O) groups excluding carboxylic acids is 6. The smallest absolute Gasteiger partial charge is 0.315 e. The number of hydrogen-bond donors (Lipinski definition) is 6. The van der Waals surface area contributed by atoms with E-state index in [1.54, 1.807) is 17.0 Å². The Balaban J connectivity index is 0.769. The first-order valence-electron chi connectivity index (χ1n) is 23.5. The van der Waals surface area contributed by atoms with Crippen molar-refractivity contribution in [1.82, 2.24) is 36.8 Å². The summed E-state index contributed by atoms with van der Waals surface area (Å²) in [6, 6.07) is 44.3. The van der Waals surface area contributed by atoms with Gasteiger partial charge in [0.05, 0.1) is 11.8 Å². The summed E-state index contributed by atoms with van der Waals surface area (Å²) in [6.45, 7) is -0.0227. The highest BCUT2D eigenvalue weighted by Gasteiger charge is 2.49. The summed E-state index contributed by atoms with van der Waals surface area (Å²) in [5.74, 6) is -2.41. The molecule has 4 aliphatic carbocycles. The first kappa shape index (κ1) is 43.6. The third kappa shape index (κ3) is 10.3. The summed E-state index contributed by atoms with van der Waals surface area (Å²) < 4.78 is 0. The summed E-state index contributed by atoms with van der Waals surface area (Å²) in [4.78, 5) is 84.0. The van der Waals surface area contributed by atoms with E-state index in [1.807, 2.05) is 97.1 Å². The van der Waals surface area contributed by atoms with E-state index in [0.29, 0.717) is 5.56 Å². The highest BCUT2D eigenvalue weighted by Crippen LogP contribution is 2.44. The Morgan fingerprint density at radius 3 is 1.25 bits per heavy atom. The number of nitrogens with one attached hydrogen (secondary N) is 6. The molecular weight excluding hydrogens is 843 g/mol. The number of nitrogens with zero attached hydrogens (tertiary/aromatic N) is 1. The Kier molecular flexibility index (Phi) is 12.3. The summed E-state index contributed by atoms with van der Waals surface area (Å²) in [5.41, 5.74) is 5.13. The van der Waals surface area contributed by atoms with Crippen molar-refractivity contribution in [2.24, 2.45) is 11.8 Å². The molecule has 7 amide bonds. The monoisotopic (exact) mass is 897 g/mol.